The minimum absolute atomic E-state index is 0.0606. The Balaban J connectivity index is 1.74. The molecular formula is C19H19N5O3S. The van der Waals surface area contributed by atoms with Gasteiger partial charge in [-0.3, -0.25) is 9.59 Å². The van der Waals surface area contributed by atoms with Crippen molar-refractivity contribution >= 4 is 29.1 Å². The monoisotopic (exact) mass is 397 g/mol. The molecule has 0 radical (unpaired) electrons. The molecule has 0 fully saturated rings. The lowest BCUT2D eigenvalue weighted by Crippen LogP contribution is -2.23. The van der Waals surface area contributed by atoms with Crippen LogP contribution in [0, 0.1) is 0 Å². The number of hydrogen-bond donors (Lipinski definition) is 1. The van der Waals surface area contributed by atoms with Crippen LogP contribution in [-0.2, 0) is 4.79 Å². The predicted molar refractivity (Wildman–Crippen MR) is 106 cm³/mol. The molecule has 0 aliphatic heterocycles. The van der Waals surface area contributed by atoms with Crippen molar-refractivity contribution in [3.8, 4) is 11.4 Å². The molecule has 1 amide bonds. The molecule has 144 valence electrons. The molecule has 0 spiro atoms. The molecule has 0 unspecified atom stereocenters. The van der Waals surface area contributed by atoms with Gasteiger partial charge in [0.15, 0.2) is 5.78 Å². The topological polar surface area (TPSA) is 99.0 Å². The van der Waals surface area contributed by atoms with Crippen LogP contribution in [0.4, 0.5) is 5.69 Å². The Bertz CT molecular complexity index is 1000. The van der Waals surface area contributed by atoms with Gasteiger partial charge >= 0.3 is 0 Å². The standard InChI is InChI=1S/C19H19N5O3S/c1-12(25)14-7-6-8-15(11-14)20-18(26)13(2)28-19-21-22-23-24(19)16-9-4-5-10-17(16)27-3/h4-11,13H,1-3H3,(H,20,26)/t13-/m1/s1. The van der Waals surface area contributed by atoms with Gasteiger partial charge in [0.2, 0.25) is 11.1 Å². The minimum atomic E-state index is -0.472. The Morgan fingerprint density at radius 3 is 2.71 bits per heavy atom. The number of benzene rings is 2. The van der Waals surface area contributed by atoms with Gasteiger partial charge in [0.1, 0.15) is 11.4 Å². The first-order valence-corrected chi connectivity index (χ1v) is 9.38. The fourth-order valence-electron chi connectivity index (χ4n) is 2.48. The Morgan fingerprint density at radius 1 is 1.18 bits per heavy atom. The van der Waals surface area contributed by atoms with Crippen LogP contribution in [0.1, 0.15) is 24.2 Å². The van der Waals surface area contributed by atoms with E-state index in [1.165, 1.54) is 23.4 Å². The molecule has 0 aliphatic rings. The first kappa shape index (κ1) is 19.6. The van der Waals surface area contributed by atoms with Crippen LogP contribution < -0.4 is 10.1 Å². The summed E-state index contributed by atoms with van der Waals surface area (Å²) in [5, 5.41) is 14.6. The maximum atomic E-state index is 12.6. The van der Waals surface area contributed by atoms with Gasteiger partial charge in [-0.15, -0.1) is 5.10 Å². The van der Waals surface area contributed by atoms with E-state index in [-0.39, 0.29) is 11.7 Å². The van der Waals surface area contributed by atoms with Crippen LogP contribution in [0.5, 0.6) is 5.75 Å². The van der Waals surface area contributed by atoms with E-state index in [0.717, 1.165) is 0 Å². The molecule has 9 heteroatoms. The summed E-state index contributed by atoms with van der Waals surface area (Å²) < 4.78 is 6.88. The average Bonchev–Trinajstić information content (AvgIpc) is 3.15. The number of para-hydroxylation sites is 2. The van der Waals surface area contributed by atoms with Crippen LogP contribution in [-0.4, -0.2) is 44.3 Å². The molecule has 8 nitrogen and oxygen atoms in total. The zero-order valence-corrected chi connectivity index (χ0v) is 16.4. The highest BCUT2D eigenvalue weighted by atomic mass is 32.2. The number of nitrogens with one attached hydrogen (secondary N) is 1. The number of Topliss-reactive ketones (excluding diaryl/α,β-unsaturated/α-hetero) is 1. The van der Waals surface area contributed by atoms with Gasteiger partial charge in [-0.05, 0) is 48.5 Å². The van der Waals surface area contributed by atoms with Gasteiger partial charge < -0.3 is 10.1 Å². The van der Waals surface area contributed by atoms with E-state index in [1.54, 1.807) is 38.3 Å². The third-order valence-electron chi connectivity index (χ3n) is 3.94. The van der Waals surface area contributed by atoms with E-state index < -0.39 is 5.25 Å². The highest BCUT2D eigenvalue weighted by Crippen LogP contribution is 2.28. The van der Waals surface area contributed by atoms with E-state index in [1.807, 2.05) is 24.3 Å². The number of carbonyl (C=O) groups is 2. The molecule has 2 aromatic carbocycles. The van der Waals surface area contributed by atoms with Gasteiger partial charge in [0.05, 0.1) is 12.4 Å². The molecule has 3 rings (SSSR count). The number of methoxy groups -OCH3 is 1. The highest BCUT2D eigenvalue weighted by molar-refractivity contribution is 8.00. The number of thioether (sulfide) groups is 1. The Kier molecular flexibility index (Phi) is 6.05. The predicted octanol–water partition coefficient (Wildman–Crippen LogP) is 2.99. The van der Waals surface area contributed by atoms with Crippen LogP contribution >= 0.6 is 11.8 Å². The van der Waals surface area contributed by atoms with Crippen LogP contribution in [0.25, 0.3) is 5.69 Å². The Labute approximate surface area is 166 Å². The van der Waals surface area contributed by atoms with Crippen molar-refractivity contribution in [1.29, 1.82) is 0 Å². The smallest absolute Gasteiger partial charge is 0.237 e. The number of aromatic nitrogens is 4. The number of ketones is 1. The Hall–Kier alpha value is -3.20. The number of ether oxygens (including phenoxy) is 1. The zero-order valence-electron chi connectivity index (χ0n) is 15.6. The van der Waals surface area contributed by atoms with Gasteiger partial charge in [-0.2, -0.15) is 4.68 Å². The summed E-state index contributed by atoms with van der Waals surface area (Å²) in [4.78, 5) is 24.1. The van der Waals surface area contributed by atoms with Gasteiger partial charge in [0.25, 0.3) is 0 Å². The van der Waals surface area contributed by atoms with E-state index in [0.29, 0.717) is 27.8 Å². The number of anilines is 1. The largest absolute Gasteiger partial charge is 0.494 e. The van der Waals surface area contributed by atoms with Gasteiger partial charge in [0, 0.05) is 11.3 Å². The third-order valence-corrected chi connectivity index (χ3v) is 4.98. The molecule has 1 aromatic heterocycles. The van der Waals surface area contributed by atoms with Crippen LogP contribution in [0.3, 0.4) is 0 Å². The lowest BCUT2D eigenvalue weighted by Gasteiger charge is -2.13. The summed E-state index contributed by atoms with van der Waals surface area (Å²) in [6.45, 7) is 3.24. The molecule has 1 heterocycles. The molecule has 1 atom stereocenters. The van der Waals surface area contributed by atoms with E-state index >= 15 is 0 Å². The molecule has 0 aliphatic carbocycles. The maximum Gasteiger partial charge on any atom is 0.237 e. The number of amides is 1. The number of tetrazole rings is 1. The second kappa shape index (κ2) is 8.66. The summed E-state index contributed by atoms with van der Waals surface area (Å²) >= 11 is 1.22. The van der Waals surface area contributed by atoms with Crippen LogP contribution in [0.15, 0.2) is 53.7 Å². The lowest BCUT2D eigenvalue weighted by atomic mass is 10.1. The molecule has 0 saturated carbocycles. The van der Waals surface area contributed by atoms with E-state index in [4.69, 9.17) is 4.74 Å². The maximum absolute atomic E-state index is 12.6. The van der Waals surface area contributed by atoms with Crippen molar-refractivity contribution in [2.75, 3.05) is 12.4 Å². The van der Waals surface area contributed by atoms with Gasteiger partial charge in [-0.1, -0.05) is 36.0 Å². The summed E-state index contributed by atoms with van der Waals surface area (Å²) in [5.41, 5.74) is 1.78. The van der Waals surface area contributed by atoms with Crippen molar-refractivity contribution in [1.82, 2.24) is 20.2 Å². The van der Waals surface area contributed by atoms with Gasteiger partial charge in [-0.25, -0.2) is 0 Å². The molecule has 0 saturated heterocycles. The summed E-state index contributed by atoms with van der Waals surface area (Å²) in [5.74, 6) is 0.338. The van der Waals surface area contributed by atoms with E-state index in [2.05, 4.69) is 20.8 Å². The molecule has 1 N–H and O–H groups in total. The second-order valence-corrected chi connectivity index (χ2v) is 7.24. The highest BCUT2D eigenvalue weighted by Gasteiger charge is 2.20. The first-order valence-electron chi connectivity index (χ1n) is 8.50. The number of nitrogens with zero attached hydrogens (tertiary/aromatic N) is 4. The summed E-state index contributed by atoms with van der Waals surface area (Å²) in [6, 6.07) is 14.2. The first-order chi connectivity index (χ1) is 13.5. The minimum Gasteiger partial charge on any atom is -0.494 e. The second-order valence-electron chi connectivity index (χ2n) is 5.93. The lowest BCUT2D eigenvalue weighted by molar-refractivity contribution is -0.115. The normalized spacial score (nSPS) is 11.7. The summed E-state index contributed by atoms with van der Waals surface area (Å²) in [7, 11) is 1.57. The zero-order chi connectivity index (χ0) is 20.1. The van der Waals surface area contributed by atoms with Crippen molar-refractivity contribution in [3.05, 3.63) is 54.1 Å². The third kappa shape index (κ3) is 4.37. The average molecular weight is 397 g/mol. The van der Waals surface area contributed by atoms with Crippen LogP contribution in [0.2, 0.25) is 0 Å². The fraction of sp³-hybridized carbons (Fsp3) is 0.211. The number of hydrogen-bond acceptors (Lipinski definition) is 7. The SMILES string of the molecule is COc1ccccc1-n1nnnc1S[C@H](C)C(=O)Nc1cccc(C(C)=O)c1. The van der Waals surface area contributed by atoms with Crippen molar-refractivity contribution in [2.45, 2.75) is 24.3 Å². The fourth-order valence-corrected chi connectivity index (χ4v) is 3.28. The van der Waals surface area contributed by atoms with E-state index in [9.17, 15) is 9.59 Å². The van der Waals surface area contributed by atoms with Crippen molar-refractivity contribution in [2.24, 2.45) is 0 Å². The quantitative estimate of drug-likeness (QED) is 0.483. The molecule has 28 heavy (non-hydrogen) atoms. The van der Waals surface area contributed by atoms with Crippen molar-refractivity contribution < 1.29 is 14.3 Å². The molecular weight excluding hydrogens is 378 g/mol. The summed E-state index contributed by atoms with van der Waals surface area (Å²) in [6.07, 6.45) is 0. The molecule has 0 bridgehead atoms. The number of carbonyl (C=O) groups excluding carboxylic acids is 2. The molecule has 3 aromatic rings. The van der Waals surface area contributed by atoms with Crippen molar-refractivity contribution in [3.63, 3.8) is 0 Å². The number of rotatable bonds is 7. The Morgan fingerprint density at radius 2 is 1.96 bits per heavy atom.